The van der Waals surface area contributed by atoms with Gasteiger partial charge in [-0.25, -0.2) is 14.4 Å². The Labute approximate surface area is 425 Å². The molecule has 408 valence electrons. The number of carboxylic acids is 5. The second kappa shape index (κ2) is 38.9. The predicted molar refractivity (Wildman–Crippen MR) is 272 cm³/mol. The summed E-state index contributed by atoms with van der Waals surface area (Å²) in [5.74, 6) is -6.03. The van der Waals surface area contributed by atoms with Crippen LogP contribution in [-0.2, 0) is 62.4 Å². The summed E-state index contributed by atoms with van der Waals surface area (Å²) in [4.78, 5) is 86.2. The lowest BCUT2D eigenvalue weighted by atomic mass is 10.0. The van der Waals surface area contributed by atoms with Gasteiger partial charge in [0, 0.05) is 6.42 Å². The van der Waals surface area contributed by atoms with Crippen molar-refractivity contribution in [1.82, 2.24) is 0 Å². The molecular formula is C50H78N8O15. The van der Waals surface area contributed by atoms with Gasteiger partial charge >= 0.3 is 47.8 Å². The fourth-order valence-corrected chi connectivity index (χ4v) is 5.63. The highest BCUT2D eigenvalue weighted by Gasteiger charge is 2.23. The first-order valence-electron chi connectivity index (χ1n) is 23.4. The number of ether oxygens (including phenoxy) is 2. The number of hydrogen-bond acceptors (Lipinski definition) is 18. The summed E-state index contributed by atoms with van der Waals surface area (Å²) in [6, 6.07) is 19.4. The molecule has 0 amide bonds. The number of rotatable bonds is 25. The molecule has 3 rings (SSSR count). The van der Waals surface area contributed by atoms with Gasteiger partial charge in [0.25, 0.3) is 0 Å². The molecule has 0 unspecified atom stereocenters. The summed E-state index contributed by atoms with van der Waals surface area (Å²) in [7, 11) is 0. The third kappa shape index (κ3) is 36.0. The van der Waals surface area contributed by atoms with E-state index in [1.165, 1.54) is 0 Å². The first kappa shape index (κ1) is 68.4. The van der Waals surface area contributed by atoms with E-state index < -0.39 is 90.0 Å². The van der Waals surface area contributed by atoms with Crippen LogP contribution in [-0.4, -0.2) is 122 Å². The first-order chi connectivity index (χ1) is 34.1. The van der Waals surface area contributed by atoms with Crippen molar-refractivity contribution in [2.45, 2.75) is 134 Å². The van der Waals surface area contributed by atoms with Crippen molar-refractivity contribution < 1.29 is 73.4 Å². The highest BCUT2D eigenvalue weighted by molar-refractivity contribution is 5.90. The van der Waals surface area contributed by atoms with Gasteiger partial charge in [0.15, 0.2) is 0 Å². The molecule has 0 aliphatic carbocycles. The van der Waals surface area contributed by atoms with Crippen LogP contribution in [0.4, 0.5) is 0 Å². The number of carbonyl (C=O) groups excluding carboxylic acids is 3. The molecule has 0 aromatic heterocycles. The van der Waals surface area contributed by atoms with Gasteiger partial charge in [-0.1, -0.05) is 107 Å². The molecule has 0 radical (unpaired) electrons. The van der Waals surface area contributed by atoms with E-state index in [0.717, 1.165) is 29.5 Å². The van der Waals surface area contributed by atoms with Crippen LogP contribution >= 0.6 is 0 Å². The third-order valence-corrected chi connectivity index (χ3v) is 9.66. The molecule has 0 fully saturated rings. The van der Waals surface area contributed by atoms with Gasteiger partial charge in [-0.3, -0.25) is 24.0 Å². The van der Waals surface area contributed by atoms with Crippen LogP contribution in [0.15, 0.2) is 84.9 Å². The molecule has 0 saturated carbocycles. The smallest absolute Gasteiger partial charge is 0.330 e. The zero-order valence-corrected chi connectivity index (χ0v) is 42.0. The summed E-state index contributed by atoms with van der Waals surface area (Å²) >= 11 is 0. The first-order valence-corrected chi connectivity index (χ1v) is 23.4. The molecule has 0 aliphatic rings. The summed E-state index contributed by atoms with van der Waals surface area (Å²) in [5, 5.41) is 41.8. The standard InChI is InChI=1S/C15H23N3O3.C15H22N2O4.C9H11NO2.C6H13NO2.C5H9NO4/c16-9-5-4-8-12(17)14(19)21-15(20)13(18)10-11-6-2-1-3-7-11;1-9(2)7-13(17)15(20)21-11-5-3-10(4-6-11)8-12(16)14(18)19;10-8(9(11)12)6-7-4-2-1-3-5-7;1-4(2)3-5(7)6(8)9;6-3(5(9)10)1-2-4(7)8/h1-3,6-7,12-13H,4-5,8-10,16-18H2;3-6,9,12-13H,7-8,16-17H2,1-2H3,(H,18,19);1-5,8H,6,10H2,(H,11,12);4-5H,3,7H2,1-2H3,(H,8,9);3H,1-2,6H2,(H,7,8)(H,9,10)/t2*12-,13-;8-;5-;3-/m00000/s1. The minimum absolute atomic E-state index is 0.0231. The summed E-state index contributed by atoms with van der Waals surface area (Å²) in [6.45, 7) is 8.40. The van der Waals surface area contributed by atoms with E-state index in [-0.39, 0.29) is 19.3 Å². The topological polar surface area (TPSA) is 464 Å². The summed E-state index contributed by atoms with van der Waals surface area (Å²) < 4.78 is 9.89. The Morgan fingerprint density at radius 3 is 1.19 bits per heavy atom. The molecule has 23 heteroatoms. The number of unbranched alkanes of at least 4 members (excludes halogenated alkanes) is 1. The van der Waals surface area contributed by atoms with E-state index in [1.54, 1.807) is 24.3 Å². The highest BCUT2D eigenvalue weighted by atomic mass is 16.6. The van der Waals surface area contributed by atoms with Gasteiger partial charge in [0.1, 0.15) is 48.0 Å². The van der Waals surface area contributed by atoms with Crippen molar-refractivity contribution in [2.24, 2.45) is 57.7 Å². The van der Waals surface area contributed by atoms with E-state index in [9.17, 15) is 38.4 Å². The lowest BCUT2D eigenvalue weighted by Gasteiger charge is -2.13. The second-order valence-corrected chi connectivity index (χ2v) is 17.5. The van der Waals surface area contributed by atoms with E-state index in [1.807, 2.05) is 88.4 Å². The number of carboxylic acid groups (broad SMARTS) is 5. The van der Waals surface area contributed by atoms with Gasteiger partial charge in [0.05, 0.1) is 0 Å². The number of aliphatic carboxylic acids is 5. The minimum atomic E-state index is -1.17. The van der Waals surface area contributed by atoms with Crippen molar-refractivity contribution in [2.75, 3.05) is 6.54 Å². The molecule has 3 aromatic rings. The number of benzene rings is 3. The van der Waals surface area contributed by atoms with Crippen LogP contribution < -0.4 is 50.6 Å². The molecule has 0 aliphatic heterocycles. The Kier molecular flexibility index (Phi) is 36.4. The average Bonchev–Trinajstić information content (AvgIpc) is 3.32. The lowest BCUT2D eigenvalue weighted by molar-refractivity contribution is -0.162. The Morgan fingerprint density at radius 2 is 0.822 bits per heavy atom. The molecule has 0 saturated heterocycles. The van der Waals surface area contributed by atoms with Crippen LogP contribution in [0, 0.1) is 11.8 Å². The van der Waals surface area contributed by atoms with Crippen LogP contribution in [0.2, 0.25) is 0 Å². The monoisotopic (exact) mass is 1030 g/mol. The largest absolute Gasteiger partial charge is 0.481 e. The average molecular weight is 1030 g/mol. The van der Waals surface area contributed by atoms with E-state index in [2.05, 4.69) is 0 Å². The highest BCUT2D eigenvalue weighted by Crippen LogP contribution is 2.15. The van der Waals surface area contributed by atoms with Gasteiger partial charge in [-0.15, -0.1) is 0 Å². The summed E-state index contributed by atoms with van der Waals surface area (Å²) in [6.07, 6.45) is 3.75. The lowest BCUT2D eigenvalue weighted by Crippen LogP contribution is -2.40. The molecule has 23 nitrogen and oxygen atoms in total. The molecule has 3 aromatic carbocycles. The minimum Gasteiger partial charge on any atom is -0.481 e. The van der Waals surface area contributed by atoms with Crippen LogP contribution in [0.25, 0.3) is 0 Å². The normalized spacial score (nSPS) is 13.3. The summed E-state index contributed by atoms with van der Waals surface area (Å²) in [5.41, 5.74) is 46.1. The van der Waals surface area contributed by atoms with Gasteiger partial charge in [-0.2, -0.15) is 0 Å². The fourth-order valence-electron chi connectivity index (χ4n) is 5.63. The zero-order valence-electron chi connectivity index (χ0n) is 42.0. The maximum atomic E-state index is 11.8. The van der Waals surface area contributed by atoms with Crippen LogP contribution in [0.3, 0.4) is 0 Å². The van der Waals surface area contributed by atoms with Crippen molar-refractivity contribution >= 4 is 47.8 Å². The van der Waals surface area contributed by atoms with Gasteiger partial charge in [-0.05, 0) is 98.6 Å². The number of hydrogen-bond donors (Lipinski definition) is 13. The van der Waals surface area contributed by atoms with Crippen molar-refractivity contribution in [3.63, 3.8) is 0 Å². The van der Waals surface area contributed by atoms with E-state index in [4.69, 9.17) is 80.9 Å². The Balaban J connectivity index is 0. The maximum absolute atomic E-state index is 11.8. The van der Waals surface area contributed by atoms with Crippen LogP contribution in [0.5, 0.6) is 5.75 Å². The molecule has 21 N–H and O–H groups in total. The molecule has 0 heterocycles. The van der Waals surface area contributed by atoms with Gasteiger partial charge < -0.3 is 80.9 Å². The molecular weight excluding hydrogens is 953 g/mol. The van der Waals surface area contributed by atoms with E-state index >= 15 is 0 Å². The SMILES string of the molecule is CC(C)C[C@H](N)C(=O)O.CC(C)C[C@H](N)C(=O)Oc1ccc(C[C@H](N)C(=O)O)cc1.NCCCC[C@H](N)C(=O)OC(=O)[C@@H](N)Cc1ccccc1.N[C@@H](CCC(=O)O)C(=O)O.N[C@@H](Cc1ccccc1)C(=O)O. The van der Waals surface area contributed by atoms with Crippen molar-refractivity contribution in [1.29, 1.82) is 0 Å². The second-order valence-electron chi connectivity index (χ2n) is 17.5. The Morgan fingerprint density at radius 1 is 0.438 bits per heavy atom. The Hall–Kier alpha value is -6.70. The van der Waals surface area contributed by atoms with E-state index in [0.29, 0.717) is 56.2 Å². The molecule has 73 heavy (non-hydrogen) atoms. The molecule has 0 bridgehead atoms. The van der Waals surface area contributed by atoms with Crippen molar-refractivity contribution in [3.05, 3.63) is 102 Å². The Bertz CT molecular complexity index is 2080. The third-order valence-electron chi connectivity index (χ3n) is 9.66. The van der Waals surface area contributed by atoms with Crippen molar-refractivity contribution in [3.8, 4) is 5.75 Å². The molecule has 7 atom stereocenters. The quantitative estimate of drug-likeness (QED) is 0.0246. The van der Waals surface area contributed by atoms with Crippen LogP contribution in [0.1, 0.15) is 89.3 Å². The number of carbonyl (C=O) groups is 8. The predicted octanol–water partition coefficient (Wildman–Crippen LogP) is 1.35. The molecule has 0 spiro atoms. The number of nitrogens with two attached hydrogens (primary N) is 8. The maximum Gasteiger partial charge on any atom is 0.330 e. The van der Waals surface area contributed by atoms with Gasteiger partial charge in [0.2, 0.25) is 0 Å². The number of esters is 3. The zero-order chi connectivity index (χ0) is 56.2. The fraction of sp³-hybridized carbons (Fsp3) is 0.480.